The minimum atomic E-state index is -0.874. The van der Waals surface area contributed by atoms with Crippen LogP contribution in [0.5, 0.6) is 0 Å². The summed E-state index contributed by atoms with van der Waals surface area (Å²) in [5.74, 6) is -1.75. The van der Waals surface area contributed by atoms with Gasteiger partial charge in [0.15, 0.2) is 0 Å². The zero-order valence-corrected chi connectivity index (χ0v) is 41.9. The second kappa shape index (κ2) is 50.5. The van der Waals surface area contributed by atoms with E-state index in [9.17, 15) is 19.8 Å². The van der Waals surface area contributed by atoms with Crippen molar-refractivity contribution in [2.24, 2.45) is 0 Å². The molecule has 2 unspecified atom stereocenters. The van der Waals surface area contributed by atoms with Crippen molar-refractivity contribution in [1.82, 2.24) is 9.80 Å². The Balaban J connectivity index is -0.00000101. The van der Waals surface area contributed by atoms with Crippen LogP contribution in [0.3, 0.4) is 0 Å². The third-order valence-corrected chi connectivity index (χ3v) is 11.7. The minimum absolute atomic E-state index is 0. The summed E-state index contributed by atoms with van der Waals surface area (Å²) in [7, 11) is 0. The summed E-state index contributed by atoms with van der Waals surface area (Å²) >= 11 is 0. The number of hydrogen-bond acceptors (Lipinski definition) is 6. The van der Waals surface area contributed by atoms with Crippen LogP contribution in [0.1, 0.15) is 273 Å². The molecule has 0 fully saturated rings. The Labute approximate surface area is 387 Å². The molecule has 0 aliphatic rings. The third-order valence-electron chi connectivity index (χ3n) is 11.7. The van der Waals surface area contributed by atoms with Gasteiger partial charge in [0.1, 0.15) is 0 Å². The van der Waals surface area contributed by atoms with E-state index < -0.39 is 11.9 Å². The van der Waals surface area contributed by atoms with Crippen LogP contribution in [-0.4, -0.2) is 97.7 Å². The summed E-state index contributed by atoms with van der Waals surface area (Å²) in [4.78, 5) is 27.7. The van der Waals surface area contributed by atoms with E-state index in [1.54, 1.807) is 0 Å². The van der Waals surface area contributed by atoms with E-state index in [4.69, 9.17) is 0 Å². The van der Waals surface area contributed by atoms with Gasteiger partial charge in [0.2, 0.25) is 0 Å². The molecule has 0 heterocycles. The maximum Gasteiger partial charge on any atom is 2.00 e. The molecule has 0 rings (SSSR count). The molecule has 6 nitrogen and oxygen atoms in total. The van der Waals surface area contributed by atoms with Crippen LogP contribution in [0.4, 0.5) is 0 Å². The first-order valence-corrected chi connectivity index (χ1v) is 25.2. The van der Waals surface area contributed by atoms with Gasteiger partial charge in [-0.25, -0.2) is 0 Å². The van der Waals surface area contributed by atoms with Crippen molar-refractivity contribution in [3.63, 3.8) is 0 Å². The van der Waals surface area contributed by atoms with Crippen LogP contribution in [0.25, 0.3) is 0 Å². The summed E-state index contributed by atoms with van der Waals surface area (Å²) in [6.07, 6.45) is 44.7. The molecule has 0 aliphatic carbocycles. The van der Waals surface area contributed by atoms with E-state index in [1.165, 1.54) is 180 Å². The predicted octanol–water partition coefficient (Wildman–Crippen LogP) is 12.6. The zero-order valence-electron chi connectivity index (χ0n) is 39.7. The van der Waals surface area contributed by atoms with Gasteiger partial charge in [-0.1, -0.05) is 234 Å². The largest absolute Gasteiger partial charge is 2.00 e. The molecule has 0 saturated heterocycles. The Morgan fingerprint density at radius 1 is 0.316 bits per heavy atom. The number of aliphatic carboxylic acids is 2. The summed E-state index contributed by atoms with van der Waals surface area (Å²) in [5, 5.41) is 23.3. The molecule has 0 radical (unpaired) electrons. The quantitative estimate of drug-likeness (QED) is 0.0449. The zero-order chi connectivity index (χ0) is 41.7. The average molecular weight is 833 g/mol. The van der Waals surface area contributed by atoms with Crippen LogP contribution in [0.15, 0.2) is 0 Å². The number of carboxylic acids is 2. The Bertz CT molecular complexity index is 696. The van der Waals surface area contributed by atoms with Gasteiger partial charge in [0.25, 0.3) is 0 Å². The molecule has 0 bridgehead atoms. The first kappa shape index (κ1) is 61.4. The van der Waals surface area contributed by atoms with Crippen LogP contribution in [-0.2, 0) is 9.59 Å². The number of carboxylic acid groups (broad SMARTS) is 2. The molecule has 0 aromatic rings. The molecule has 7 heteroatoms. The number of carbonyl (C=O) groups excluding carboxylic acids is 2. The fourth-order valence-electron chi connectivity index (χ4n) is 8.09. The SMILES string of the molecule is CCCCCCCCCCN(CCCCCCCCCC)C(CCC)C(=O)[O-].CCCCCCCCCCN(CCCCCCCCCC)C(CCC)C(=O)[O-].[Ca+2]. The molecule has 0 spiro atoms. The van der Waals surface area contributed by atoms with Crippen molar-refractivity contribution in [2.75, 3.05) is 26.2 Å². The predicted molar refractivity (Wildman–Crippen MR) is 247 cm³/mol. The molecule has 2 atom stereocenters. The van der Waals surface area contributed by atoms with Gasteiger partial charge in [0.05, 0.1) is 11.9 Å². The van der Waals surface area contributed by atoms with Gasteiger partial charge >= 0.3 is 37.7 Å². The van der Waals surface area contributed by atoms with Crippen LogP contribution < -0.4 is 10.2 Å². The van der Waals surface area contributed by atoms with E-state index in [0.717, 1.165) is 77.5 Å². The maximum atomic E-state index is 11.6. The molecule has 0 aliphatic heterocycles. The van der Waals surface area contributed by atoms with Gasteiger partial charge < -0.3 is 19.8 Å². The Morgan fingerprint density at radius 2 is 0.491 bits per heavy atom. The Kier molecular flexibility index (Phi) is 54.4. The summed E-state index contributed by atoms with van der Waals surface area (Å²) in [6.45, 7) is 16.8. The van der Waals surface area contributed by atoms with Crippen molar-refractivity contribution in [2.45, 2.75) is 285 Å². The average Bonchev–Trinajstić information content (AvgIpc) is 3.18. The maximum absolute atomic E-state index is 11.6. The molecule has 336 valence electrons. The summed E-state index contributed by atoms with van der Waals surface area (Å²) in [5.41, 5.74) is 0. The minimum Gasteiger partial charge on any atom is -0.548 e. The number of rotatable bonds is 44. The molecule has 0 aromatic carbocycles. The third kappa shape index (κ3) is 42.6. The number of nitrogens with zero attached hydrogens (tertiary/aromatic N) is 2. The van der Waals surface area contributed by atoms with E-state index >= 15 is 0 Å². The van der Waals surface area contributed by atoms with Crippen LogP contribution in [0, 0.1) is 0 Å². The molecule has 0 N–H and O–H groups in total. The summed E-state index contributed by atoms with van der Waals surface area (Å²) < 4.78 is 0. The molecule has 57 heavy (non-hydrogen) atoms. The van der Waals surface area contributed by atoms with Crippen LogP contribution >= 0.6 is 0 Å². The molecular weight excluding hydrogens is 733 g/mol. The molecule has 0 aromatic heterocycles. The molecular formula is C50H100CaN2O4. The fourth-order valence-corrected chi connectivity index (χ4v) is 8.09. The van der Waals surface area contributed by atoms with Gasteiger partial charge in [-0.2, -0.15) is 0 Å². The van der Waals surface area contributed by atoms with Gasteiger partial charge in [-0.05, 0) is 64.7 Å². The number of carbonyl (C=O) groups is 2. The van der Waals surface area contributed by atoms with Crippen molar-refractivity contribution in [3.8, 4) is 0 Å². The first-order valence-electron chi connectivity index (χ1n) is 25.2. The van der Waals surface area contributed by atoms with Gasteiger partial charge in [0, 0.05) is 12.1 Å². The van der Waals surface area contributed by atoms with Crippen LogP contribution in [0.2, 0.25) is 0 Å². The van der Waals surface area contributed by atoms with E-state index in [-0.39, 0.29) is 49.8 Å². The normalized spacial score (nSPS) is 12.4. The molecule has 0 saturated carbocycles. The fraction of sp³-hybridized carbons (Fsp3) is 0.960. The monoisotopic (exact) mass is 833 g/mol. The second-order valence-corrected chi connectivity index (χ2v) is 17.2. The number of unbranched alkanes of at least 4 members (excludes halogenated alkanes) is 28. The van der Waals surface area contributed by atoms with Crippen molar-refractivity contribution < 1.29 is 19.8 Å². The Hall–Kier alpha value is 0.120. The van der Waals surface area contributed by atoms with E-state index in [1.807, 2.05) is 0 Å². The standard InChI is InChI=1S/2C25H51NO2.Ca/c2*1-4-7-9-11-13-15-17-19-22-26(24(21-6-3)25(27)28)23-20-18-16-14-12-10-8-5-2;/h2*24H,4-23H2,1-3H3,(H,27,28);/q;;+2/p-2. The van der Waals surface area contributed by atoms with Crippen molar-refractivity contribution >= 4 is 49.7 Å². The second-order valence-electron chi connectivity index (χ2n) is 17.2. The van der Waals surface area contributed by atoms with E-state index in [0.29, 0.717) is 0 Å². The van der Waals surface area contributed by atoms with Crippen molar-refractivity contribution in [1.29, 1.82) is 0 Å². The number of hydrogen-bond donors (Lipinski definition) is 0. The smallest absolute Gasteiger partial charge is 0.548 e. The summed E-state index contributed by atoms with van der Waals surface area (Å²) in [6, 6.07) is -0.779. The topological polar surface area (TPSA) is 86.7 Å². The Morgan fingerprint density at radius 3 is 0.649 bits per heavy atom. The molecule has 0 amide bonds. The van der Waals surface area contributed by atoms with Crippen molar-refractivity contribution in [3.05, 3.63) is 0 Å². The first-order chi connectivity index (χ1) is 27.3. The van der Waals surface area contributed by atoms with E-state index in [2.05, 4.69) is 51.3 Å². The van der Waals surface area contributed by atoms with Gasteiger partial charge in [-0.3, -0.25) is 9.80 Å². The van der Waals surface area contributed by atoms with Gasteiger partial charge in [-0.15, -0.1) is 0 Å².